The molecule has 0 bridgehead atoms. The lowest BCUT2D eigenvalue weighted by atomic mass is 10.0. The summed E-state index contributed by atoms with van der Waals surface area (Å²) < 4.78 is 1.11. The Hall–Kier alpha value is -1.45. The molecule has 2 heterocycles. The Kier molecular flexibility index (Phi) is 2.85. The van der Waals surface area contributed by atoms with Crippen LogP contribution in [-0.2, 0) is 0 Å². The quantitative estimate of drug-likeness (QED) is 0.809. The number of nitrogens with zero attached hydrogens (tertiary/aromatic N) is 1. The normalized spacial score (nSPS) is 28.9. The van der Waals surface area contributed by atoms with E-state index in [0.29, 0.717) is 12.1 Å². The molecule has 2 aliphatic rings. The molecule has 106 valence electrons. The summed E-state index contributed by atoms with van der Waals surface area (Å²) in [4.78, 5) is 6.57. The summed E-state index contributed by atoms with van der Waals surface area (Å²) in [6.07, 6.45) is 0. The molecule has 1 N–H and O–H groups in total. The van der Waals surface area contributed by atoms with E-state index in [2.05, 4.69) is 84.4 Å². The first-order chi connectivity index (χ1) is 10.1. The summed E-state index contributed by atoms with van der Waals surface area (Å²) in [6.45, 7) is 4.48. The Bertz CT molecular complexity index is 704. The van der Waals surface area contributed by atoms with E-state index in [4.69, 9.17) is 4.99 Å². The van der Waals surface area contributed by atoms with Gasteiger partial charge in [0, 0.05) is 29.4 Å². The third kappa shape index (κ3) is 2.07. The second-order valence-corrected chi connectivity index (χ2v) is 7.30. The Labute approximate surface area is 133 Å². The predicted molar refractivity (Wildman–Crippen MR) is 88.7 cm³/mol. The molecule has 1 unspecified atom stereocenters. The summed E-state index contributed by atoms with van der Waals surface area (Å²) >= 11 is 3.51. The Morgan fingerprint density at radius 1 is 0.952 bits per heavy atom. The third-order valence-electron chi connectivity index (χ3n) is 4.59. The van der Waals surface area contributed by atoms with Crippen LogP contribution in [0.5, 0.6) is 0 Å². The minimum absolute atomic E-state index is 0.0341. The van der Waals surface area contributed by atoms with Crippen LogP contribution in [0, 0.1) is 0 Å². The molecule has 2 aromatic carbocycles. The van der Waals surface area contributed by atoms with Crippen molar-refractivity contribution in [3.8, 4) is 0 Å². The number of fused-ring (bicyclic) bond motifs is 1. The van der Waals surface area contributed by atoms with E-state index in [1.165, 1.54) is 16.8 Å². The number of nitrogens with one attached hydrogen (secondary N) is 1. The average molecular weight is 342 g/mol. The van der Waals surface area contributed by atoms with Gasteiger partial charge < -0.3 is 0 Å². The van der Waals surface area contributed by atoms with Crippen LogP contribution in [0.3, 0.4) is 0 Å². The van der Waals surface area contributed by atoms with Crippen LogP contribution in [0.4, 0.5) is 0 Å². The van der Waals surface area contributed by atoms with Crippen LogP contribution in [0.1, 0.15) is 31.0 Å². The molecule has 3 atom stereocenters. The Balaban J connectivity index is 1.72. The summed E-state index contributed by atoms with van der Waals surface area (Å²) in [5.74, 6) is 0. The van der Waals surface area contributed by atoms with Gasteiger partial charge in [0.25, 0.3) is 0 Å². The standard InChI is InChI=1S/C18H17BrN2/c1-18(2)20-15(12-8-10-14(19)11-9-12)17-16(21(17)18)13-6-4-3-5-7-13/h3-11,16-17H,1-2H3/p+1/t16-,17+,21?/m1/s1. The predicted octanol–water partition coefficient (Wildman–Crippen LogP) is 3.00. The number of hydrogen-bond acceptors (Lipinski definition) is 1. The fraction of sp³-hybridized carbons (Fsp3) is 0.278. The number of quaternary nitrogens is 1. The monoisotopic (exact) mass is 341 g/mol. The Morgan fingerprint density at radius 2 is 1.62 bits per heavy atom. The first-order valence-electron chi connectivity index (χ1n) is 7.36. The third-order valence-corrected chi connectivity index (χ3v) is 5.12. The van der Waals surface area contributed by atoms with Gasteiger partial charge in [-0.3, -0.25) is 4.90 Å². The summed E-state index contributed by atoms with van der Waals surface area (Å²) in [5, 5.41) is 0. The highest BCUT2D eigenvalue weighted by Crippen LogP contribution is 2.35. The van der Waals surface area contributed by atoms with Crippen LogP contribution >= 0.6 is 15.9 Å². The summed E-state index contributed by atoms with van der Waals surface area (Å²) in [7, 11) is 0. The van der Waals surface area contributed by atoms with Gasteiger partial charge in [0.15, 0.2) is 17.7 Å². The van der Waals surface area contributed by atoms with Gasteiger partial charge in [-0.05, 0) is 12.1 Å². The molecular formula is C18H18BrN2+. The molecule has 2 aliphatic heterocycles. The number of benzene rings is 2. The molecule has 0 spiro atoms. The highest BCUT2D eigenvalue weighted by atomic mass is 79.9. The minimum Gasteiger partial charge on any atom is -0.288 e. The van der Waals surface area contributed by atoms with Gasteiger partial charge >= 0.3 is 0 Å². The van der Waals surface area contributed by atoms with Crippen molar-refractivity contribution in [3.05, 3.63) is 70.2 Å². The molecule has 2 aromatic rings. The van der Waals surface area contributed by atoms with E-state index in [0.717, 1.165) is 4.47 Å². The van der Waals surface area contributed by atoms with Crippen molar-refractivity contribution < 1.29 is 4.90 Å². The molecule has 0 saturated carbocycles. The molecule has 0 aliphatic carbocycles. The van der Waals surface area contributed by atoms with Crippen molar-refractivity contribution in [1.82, 2.24) is 0 Å². The summed E-state index contributed by atoms with van der Waals surface area (Å²) in [5.41, 5.74) is 3.91. The van der Waals surface area contributed by atoms with Gasteiger partial charge in [-0.1, -0.05) is 58.4 Å². The lowest BCUT2D eigenvalue weighted by Crippen LogP contribution is -3.02. The zero-order valence-electron chi connectivity index (χ0n) is 12.2. The highest BCUT2D eigenvalue weighted by Gasteiger charge is 2.68. The molecule has 4 rings (SSSR count). The van der Waals surface area contributed by atoms with Gasteiger partial charge in [0.2, 0.25) is 0 Å². The van der Waals surface area contributed by atoms with E-state index in [-0.39, 0.29) is 5.66 Å². The van der Waals surface area contributed by atoms with Crippen LogP contribution in [-0.4, -0.2) is 17.4 Å². The number of rotatable bonds is 2. The van der Waals surface area contributed by atoms with Crippen molar-refractivity contribution in [1.29, 1.82) is 0 Å². The second kappa shape index (κ2) is 4.52. The summed E-state index contributed by atoms with van der Waals surface area (Å²) in [6, 6.07) is 20.4. The topological polar surface area (TPSA) is 16.8 Å². The molecule has 1 fully saturated rings. The molecule has 2 nitrogen and oxygen atoms in total. The van der Waals surface area contributed by atoms with Gasteiger partial charge in [-0.15, -0.1) is 0 Å². The largest absolute Gasteiger partial charge is 0.288 e. The molecule has 0 aromatic heterocycles. The minimum atomic E-state index is -0.0341. The number of hydrogen-bond donors (Lipinski definition) is 1. The zero-order valence-corrected chi connectivity index (χ0v) is 13.8. The van der Waals surface area contributed by atoms with Crippen LogP contribution in [0.25, 0.3) is 0 Å². The lowest BCUT2D eigenvalue weighted by molar-refractivity contribution is -0.837. The van der Waals surface area contributed by atoms with E-state index in [1.54, 1.807) is 4.90 Å². The van der Waals surface area contributed by atoms with Crippen molar-refractivity contribution in [2.75, 3.05) is 0 Å². The fourth-order valence-corrected chi connectivity index (χ4v) is 3.93. The second-order valence-electron chi connectivity index (χ2n) is 6.38. The highest BCUT2D eigenvalue weighted by molar-refractivity contribution is 9.10. The van der Waals surface area contributed by atoms with Crippen LogP contribution < -0.4 is 4.90 Å². The van der Waals surface area contributed by atoms with Crippen molar-refractivity contribution in [2.24, 2.45) is 4.99 Å². The number of halogens is 1. The van der Waals surface area contributed by atoms with Crippen LogP contribution in [0.2, 0.25) is 0 Å². The molecule has 0 amide bonds. The molecule has 1 saturated heterocycles. The van der Waals surface area contributed by atoms with Crippen molar-refractivity contribution >= 4 is 21.6 Å². The number of aliphatic imine (C=N–C) groups is 1. The molecule has 21 heavy (non-hydrogen) atoms. The zero-order chi connectivity index (χ0) is 14.6. The van der Waals surface area contributed by atoms with Crippen LogP contribution in [0.15, 0.2) is 64.1 Å². The van der Waals surface area contributed by atoms with Gasteiger partial charge in [0.05, 0.1) is 0 Å². The van der Waals surface area contributed by atoms with E-state index >= 15 is 0 Å². The maximum atomic E-state index is 4.99. The van der Waals surface area contributed by atoms with Gasteiger partial charge in [0.1, 0.15) is 5.71 Å². The Morgan fingerprint density at radius 3 is 2.29 bits per heavy atom. The SMILES string of the molecule is CC1(C)N=C(c2ccc(Br)cc2)[C@H]2[C@@H](c3ccccc3)[NH+]21. The van der Waals surface area contributed by atoms with E-state index in [1.807, 2.05) is 0 Å². The van der Waals surface area contributed by atoms with Gasteiger partial charge in [-0.25, -0.2) is 4.99 Å². The lowest BCUT2D eigenvalue weighted by Gasteiger charge is -2.16. The molecule has 3 heteroatoms. The molecule has 0 radical (unpaired) electrons. The first-order valence-corrected chi connectivity index (χ1v) is 8.15. The maximum absolute atomic E-state index is 4.99. The van der Waals surface area contributed by atoms with E-state index < -0.39 is 0 Å². The smallest absolute Gasteiger partial charge is 0.190 e. The molecular weight excluding hydrogens is 324 g/mol. The van der Waals surface area contributed by atoms with Crippen molar-refractivity contribution in [2.45, 2.75) is 31.6 Å². The average Bonchev–Trinajstić information content (AvgIpc) is 3.17. The maximum Gasteiger partial charge on any atom is 0.190 e. The first kappa shape index (κ1) is 13.2. The van der Waals surface area contributed by atoms with Gasteiger partial charge in [-0.2, -0.15) is 0 Å². The van der Waals surface area contributed by atoms with Crippen molar-refractivity contribution in [3.63, 3.8) is 0 Å². The van der Waals surface area contributed by atoms with E-state index in [9.17, 15) is 0 Å². The fourth-order valence-electron chi connectivity index (χ4n) is 3.66.